The topological polar surface area (TPSA) is 62.4 Å². The van der Waals surface area contributed by atoms with Gasteiger partial charge in [-0.1, -0.05) is 32.4 Å². The summed E-state index contributed by atoms with van der Waals surface area (Å²) < 4.78 is 0. The van der Waals surface area contributed by atoms with Crippen molar-refractivity contribution in [3.8, 4) is 0 Å². The third kappa shape index (κ3) is 3.38. The first-order valence-electron chi connectivity index (χ1n) is 7.04. The average Bonchev–Trinajstić information content (AvgIpc) is 2.38. The minimum absolute atomic E-state index is 0.0990. The molecule has 0 fully saturated rings. The first-order valence-corrected chi connectivity index (χ1v) is 7.41. The summed E-state index contributed by atoms with van der Waals surface area (Å²) in [5.74, 6) is 1.33. The molecule has 0 spiro atoms. The third-order valence-corrected chi connectivity index (χ3v) is 3.61. The number of hydrogen-bond donors (Lipinski definition) is 2. The van der Waals surface area contributed by atoms with Crippen LogP contribution >= 0.6 is 11.6 Å². The van der Waals surface area contributed by atoms with Gasteiger partial charge in [0.1, 0.15) is 6.04 Å². The number of nitrogens with zero attached hydrogens (tertiary/aromatic N) is 1. The van der Waals surface area contributed by atoms with Gasteiger partial charge in [0.05, 0.1) is 17.4 Å². The Kier molecular flexibility index (Phi) is 4.78. The van der Waals surface area contributed by atoms with Crippen molar-refractivity contribution in [3.05, 3.63) is 39.4 Å². The van der Waals surface area contributed by atoms with Gasteiger partial charge >= 0.3 is 0 Å². The second-order valence-corrected chi connectivity index (χ2v) is 5.93. The lowest BCUT2D eigenvalue weighted by molar-refractivity contribution is -0.701. The zero-order chi connectivity index (χ0) is 14.7. The Morgan fingerprint density at radius 1 is 1.40 bits per heavy atom. The van der Waals surface area contributed by atoms with Crippen LogP contribution in [0.2, 0.25) is 5.02 Å². The maximum absolute atomic E-state index is 12.1. The fourth-order valence-electron chi connectivity index (χ4n) is 2.21. The molecule has 1 atom stereocenters. The Hall–Kier alpha value is -1.39. The van der Waals surface area contributed by atoms with Crippen molar-refractivity contribution in [1.29, 1.82) is 0 Å². The quantitative estimate of drug-likeness (QED) is 0.888. The monoisotopic (exact) mass is 294 g/mol. The van der Waals surface area contributed by atoms with Crippen LogP contribution in [0.1, 0.15) is 39.1 Å². The second kappa shape index (κ2) is 6.37. The SMILES string of the molecule is CC[C@@H]([NH2+]CC(C)C)c1nc2cc(Cl)ccc2c(=O)[nH]1. The van der Waals surface area contributed by atoms with Crippen LogP contribution in [-0.4, -0.2) is 16.5 Å². The van der Waals surface area contributed by atoms with E-state index in [1.54, 1.807) is 18.2 Å². The number of H-pyrrole nitrogens is 1. The highest BCUT2D eigenvalue weighted by Crippen LogP contribution is 2.16. The molecule has 0 aliphatic carbocycles. The van der Waals surface area contributed by atoms with E-state index in [0.717, 1.165) is 18.8 Å². The maximum Gasteiger partial charge on any atom is 0.258 e. The summed E-state index contributed by atoms with van der Waals surface area (Å²) in [6, 6.07) is 5.34. The standard InChI is InChI=1S/C15H20ClN3O/c1-4-12(17-8-9(2)3)14-18-13-7-10(16)5-6-11(13)15(20)19-14/h5-7,9,12,17H,4,8H2,1-3H3,(H,18,19,20)/p+1/t12-/m1/s1. The summed E-state index contributed by atoms with van der Waals surface area (Å²) >= 11 is 5.98. The van der Waals surface area contributed by atoms with E-state index in [9.17, 15) is 4.79 Å². The highest BCUT2D eigenvalue weighted by molar-refractivity contribution is 6.31. The van der Waals surface area contributed by atoms with Gasteiger partial charge in [-0.3, -0.25) is 4.79 Å². The van der Waals surface area contributed by atoms with E-state index >= 15 is 0 Å². The van der Waals surface area contributed by atoms with Crippen LogP contribution in [0.4, 0.5) is 0 Å². The van der Waals surface area contributed by atoms with Crippen LogP contribution in [0.15, 0.2) is 23.0 Å². The predicted octanol–water partition coefficient (Wildman–Crippen LogP) is 2.25. The first kappa shape index (κ1) is 15.0. The number of nitrogens with two attached hydrogens (primary N) is 1. The van der Waals surface area contributed by atoms with Crippen molar-refractivity contribution >= 4 is 22.5 Å². The van der Waals surface area contributed by atoms with E-state index < -0.39 is 0 Å². The maximum atomic E-state index is 12.1. The van der Waals surface area contributed by atoms with Gasteiger partial charge in [0, 0.05) is 17.4 Å². The molecule has 108 valence electrons. The summed E-state index contributed by atoms with van der Waals surface area (Å²) in [6.07, 6.45) is 0.918. The van der Waals surface area contributed by atoms with Crippen molar-refractivity contribution in [2.45, 2.75) is 33.2 Å². The normalized spacial score (nSPS) is 13.1. The fraction of sp³-hybridized carbons (Fsp3) is 0.467. The van der Waals surface area contributed by atoms with Gasteiger partial charge < -0.3 is 10.3 Å². The second-order valence-electron chi connectivity index (χ2n) is 5.49. The molecule has 0 saturated carbocycles. The fourth-order valence-corrected chi connectivity index (χ4v) is 2.38. The molecule has 0 saturated heterocycles. The molecule has 0 radical (unpaired) electrons. The minimum Gasteiger partial charge on any atom is -0.337 e. The molecule has 4 nitrogen and oxygen atoms in total. The largest absolute Gasteiger partial charge is 0.337 e. The van der Waals surface area contributed by atoms with E-state index in [-0.39, 0.29) is 11.6 Å². The van der Waals surface area contributed by atoms with E-state index in [4.69, 9.17) is 11.6 Å². The van der Waals surface area contributed by atoms with E-state index in [1.165, 1.54) is 0 Å². The number of nitrogens with one attached hydrogen (secondary N) is 1. The van der Waals surface area contributed by atoms with Crippen LogP contribution in [0.25, 0.3) is 10.9 Å². The minimum atomic E-state index is -0.0990. The zero-order valence-corrected chi connectivity index (χ0v) is 12.9. The van der Waals surface area contributed by atoms with Crippen LogP contribution in [0.3, 0.4) is 0 Å². The van der Waals surface area contributed by atoms with Crippen LogP contribution in [0.5, 0.6) is 0 Å². The Morgan fingerprint density at radius 3 is 2.80 bits per heavy atom. The molecule has 0 bridgehead atoms. The number of benzene rings is 1. The number of aromatic amines is 1. The molecule has 2 aromatic rings. The Morgan fingerprint density at radius 2 is 2.15 bits per heavy atom. The average molecular weight is 295 g/mol. The summed E-state index contributed by atoms with van der Waals surface area (Å²) in [5.41, 5.74) is 0.561. The van der Waals surface area contributed by atoms with Crippen molar-refractivity contribution in [3.63, 3.8) is 0 Å². The molecule has 0 aliphatic rings. The van der Waals surface area contributed by atoms with Gasteiger partial charge in [0.15, 0.2) is 5.82 Å². The third-order valence-electron chi connectivity index (χ3n) is 3.37. The van der Waals surface area contributed by atoms with Gasteiger partial charge in [-0.15, -0.1) is 0 Å². The molecule has 0 aliphatic heterocycles. The van der Waals surface area contributed by atoms with Crippen molar-refractivity contribution in [2.24, 2.45) is 5.92 Å². The van der Waals surface area contributed by atoms with E-state index in [1.807, 2.05) is 0 Å². The van der Waals surface area contributed by atoms with Gasteiger partial charge in [0.2, 0.25) is 0 Å². The zero-order valence-electron chi connectivity index (χ0n) is 12.1. The molecule has 2 rings (SSSR count). The molecule has 1 aromatic carbocycles. The molecule has 0 amide bonds. The lowest BCUT2D eigenvalue weighted by Crippen LogP contribution is -2.86. The van der Waals surface area contributed by atoms with Gasteiger partial charge in [-0.05, 0) is 18.2 Å². The number of rotatable bonds is 5. The van der Waals surface area contributed by atoms with Crippen LogP contribution < -0.4 is 10.9 Å². The Labute approximate surface area is 123 Å². The first-order chi connectivity index (χ1) is 9.51. The van der Waals surface area contributed by atoms with Crippen molar-refractivity contribution < 1.29 is 5.32 Å². The lowest BCUT2D eigenvalue weighted by atomic mass is 10.1. The molecule has 5 heteroatoms. The molecule has 3 N–H and O–H groups in total. The van der Waals surface area contributed by atoms with E-state index in [2.05, 4.69) is 36.1 Å². The van der Waals surface area contributed by atoms with Crippen molar-refractivity contribution in [2.75, 3.05) is 6.54 Å². The lowest BCUT2D eigenvalue weighted by Gasteiger charge is -2.14. The van der Waals surface area contributed by atoms with Crippen molar-refractivity contribution in [1.82, 2.24) is 9.97 Å². The molecule has 20 heavy (non-hydrogen) atoms. The number of aromatic nitrogens is 2. The summed E-state index contributed by atoms with van der Waals surface area (Å²) in [4.78, 5) is 19.6. The summed E-state index contributed by atoms with van der Waals surface area (Å²) in [6.45, 7) is 7.47. The number of hydrogen-bond acceptors (Lipinski definition) is 2. The highest BCUT2D eigenvalue weighted by atomic mass is 35.5. The Balaban J connectivity index is 2.40. The molecule has 1 aromatic heterocycles. The number of quaternary nitrogens is 1. The highest BCUT2D eigenvalue weighted by Gasteiger charge is 2.17. The molecular formula is C15H21ClN3O+. The van der Waals surface area contributed by atoms with Crippen LogP contribution in [-0.2, 0) is 0 Å². The Bertz CT molecular complexity index is 651. The molecule has 0 unspecified atom stereocenters. The summed E-state index contributed by atoms with van der Waals surface area (Å²) in [7, 11) is 0. The number of halogens is 1. The van der Waals surface area contributed by atoms with Gasteiger partial charge in [-0.25, -0.2) is 4.98 Å². The smallest absolute Gasteiger partial charge is 0.258 e. The summed E-state index contributed by atoms with van der Waals surface area (Å²) in [5, 5.41) is 3.41. The molecular weight excluding hydrogens is 274 g/mol. The molecule has 1 heterocycles. The number of fused-ring (bicyclic) bond motifs is 1. The van der Waals surface area contributed by atoms with E-state index in [0.29, 0.717) is 21.8 Å². The van der Waals surface area contributed by atoms with Gasteiger partial charge in [0.25, 0.3) is 5.56 Å². The van der Waals surface area contributed by atoms with Crippen LogP contribution in [0, 0.1) is 5.92 Å². The van der Waals surface area contributed by atoms with Gasteiger partial charge in [-0.2, -0.15) is 0 Å². The predicted molar refractivity (Wildman–Crippen MR) is 82.0 cm³/mol.